The second-order valence-corrected chi connectivity index (χ2v) is 7.55. The first-order chi connectivity index (χ1) is 15.7. The summed E-state index contributed by atoms with van der Waals surface area (Å²) < 4.78 is 6.83. The van der Waals surface area contributed by atoms with E-state index >= 15 is 0 Å². The highest BCUT2D eigenvalue weighted by atomic mass is 16.5. The van der Waals surface area contributed by atoms with Crippen LogP contribution in [0.1, 0.15) is 10.5 Å². The van der Waals surface area contributed by atoms with Crippen molar-refractivity contribution in [3.63, 3.8) is 0 Å². The molecule has 3 heterocycles. The van der Waals surface area contributed by atoms with Crippen LogP contribution >= 0.6 is 0 Å². The summed E-state index contributed by atoms with van der Waals surface area (Å²) >= 11 is 0. The Hall–Kier alpha value is -4.14. The normalized spacial score (nSPS) is 14.0. The highest BCUT2D eigenvalue weighted by Crippen LogP contribution is 2.28. The molecule has 0 bridgehead atoms. The van der Waals surface area contributed by atoms with Gasteiger partial charge < -0.3 is 19.5 Å². The van der Waals surface area contributed by atoms with Gasteiger partial charge in [0.2, 0.25) is 0 Å². The van der Waals surface area contributed by atoms with Crippen molar-refractivity contribution in [1.29, 1.82) is 0 Å². The molecule has 0 spiro atoms. The van der Waals surface area contributed by atoms with Crippen molar-refractivity contribution in [2.24, 2.45) is 0 Å². The van der Waals surface area contributed by atoms with Crippen LogP contribution in [0, 0.1) is 0 Å². The van der Waals surface area contributed by atoms with Crippen LogP contribution in [0.15, 0.2) is 65.6 Å². The Morgan fingerprint density at radius 1 is 1.00 bits per heavy atom. The summed E-state index contributed by atoms with van der Waals surface area (Å²) in [6.07, 6.45) is 1.68. The molecule has 1 fully saturated rings. The van der Waals surface area contributed by atoms with Crippen molar-refractivity contribution in [2.45, 2.75) is 0 Å². The molecule has 9 nitrogen and oxygen atoms in total. The number of piperazine rings is 1. The van der Waals surface area contributed by atoms with Crippen LogP contribution in [0.3, 0.4) is 0 Å². The molecule has 0 radical (unpaired) electrons. The average molecular weight is 430 g/mol. The lowest BCUT2D eigenvalue weighted by molar-refractivity contribution is 0.0742. The van der Waals surface area contributed by atoms with E-state index in [0.717, 1.165) is 17.0 Å². The number of H-pyrrole nitrogens is 1. The SMILES string of the molecule is COc1ccccc1N1CCN(C(=O)c2nnn3cc(-c4ccccc4)[nH]c(=O)c23)CC1. The molecule has 1 aliphatic rings. The number of nitrogens with zero attached hydrogens (tertiary/aromatic N) is 5. The first-order valence-corrected chi connectivity index (χ1v) is 10.4. The molecule has 0 aliphatic carbocycles. The zero-order valence-electron chi connectivity index (χ0n) is 17.6. The van der Waals surface area contributed by atoms with Crippen LogP contribution in [-0.2, 0) is 0 Å². The van der Waals surface area contributed by atoms with Gasteiger partial charge in [-0.05, 0) is 17.7 Å². The lowest BCUT2D eigenvalue weighted by Gasteiger charge is -2.36. The summed E-state index contributed by atoms with van der Waals surface area (Å²) in [5.74, 6) is 0.509. The van der Waals surface area contributed by atoms with Crippen LogP contribution in [0.2, 0.25) is 0 Å². The Balaban J connectivity index is 1.37. The van der Waals surface area contributed by atoms with Crippen molar-refractivity contribution in [2.75, 3.05) is 38.2 Å². The molecule has 5 rings (SSSR count). The minimum atomic E-state index is -0.396. The van der Waals surface area contributed by atoms with E-state index in [1.165, 1.54) is 4.52 Å². The fourth-order valence-electron chi connectivity index (χ4n) is 4.03. The molecule has 32 heavy (non-hydrogen) atoms. The van der Waals surface area contributed by atoms with E-state index in [-0.39, 0.29) is 17.1 Å². The number of hydrogen-bond donors (Lipinski definition) is 1. The van der Waals surface area contributed by atoms with Gasteiger partial charge in [0.15, 0.2) is 11.2 Å². The number of nitrogens with one attached hydrogen (secondary N) is 1. The second-order valence-electron chi connectivity index (χ2n) is 7.55. The third kappa shape index (κ3) is 3.47. The highest BCUT2D eigenvalue weighted by Gasteiger charge is 2.28. The average Bonchev–Trinajstić information content (AvgIpc) is 3.29. The van der Waals surface area contributed by atoms with Crippen LogP contribution in [0.4, 0.5) is 5.69 Å². The van der Waals surface area contributed by atoms with E-state index in [1.807, 2.05) is 54.6 Å². The Labute approximate surface area is 183 Å². The third-order valence-corrected chi connectivity index (χ3v) is 5.69. The van der Waals surface area contributed by atoms with E-state index in [4.69, 9.17) is 4.74 Å². The number of benzene rings is 2. The van der Waals surface area contributed by atoms with Crippen molar-refractivity contribution < 1.29 is 9.53 Å². The number of fused-ring (bicyclic) bond motifs is 1. The summed E-state index contributed by atoms with van der Waals surface area (Å²) in [4.78, 5) is 32.7. The molecule has 162 valence electrons. The standard InChI is InChI=1S/C23H22N6O3/c1-32-19-10-6-5-9-18(19)27-11-13-28(14-12-27)23(31)20-21-22(30)24-17(15-29(21)26-25-20)16-7-3-2-4-8-16/h2-10,15H,11-14H2,1H3,(H,24,30). The quantitative estimate of drug-likeness (QED) is 0.533. The van der Waals surface area contributed by atoms with Gasteiger partial charge in [-0.25, -0.2) is 4.52 Å². The minimum absolute atomic E-state index is 0.0663. The number of amides is 1. The number of carbonyl (C=O) groups is 1. The van der Waals surface area contributed by atoms with Crippen molar-refractivity contribution in [3.8, 4) is 17.0 Å². The lowest BCUT2D eigenvalue weighted by Crippen LogP contribution is -2.49. The van der Waals surface area contributed by atoms with E-state index in [1.54, 1.807) is 18.2 Å². The summed E-state index contributed by atoms with van der Waals surface area (Å²) in [7, 11) is 1.65. The van der Waals surface area contributed by atoms with Crippen LogP contribution in [0.25, 0.3) is 16.8 Å². The monoisotopic (exact) mass is 430 g/mol. The molecule has 1 N–H and O–H groups in total. The molecule has 4 aromatic rings. The molecule has 2 aromatic carbocycles. The lowest BCUT2D eigenvalue weighted by atomic mass is 10.1. The highest BCUT2D eigenvalue weighted by molar-refractivity contribution is 5.98. The smallest absolute Gasteiger partial charge is 0.277 e. The predicted octanol–water partition coefficient (Wildman–Crippen LogP) is 2.06. The van der Waals surface area contributed by atoms with Gasteiger partial charge in [-0.1, -0.05) is 47.7 Å². The Kier molecular flexibility index (Phi) is 5.06. The molecule has 0 unspecified atom stereocenters. The van der Waals surface area contributed by atoms with Gasteiger partial charge in [0.1, 0.15) is 5.75 Å². The van der Waals surface area contributed by atoms with Gasteiger partial charge in [0, 0.05) is 26.2 Å². The number of aromatic amines is 1. The Bertz CT molecular complexity index is 1320. The van der Waals surface area contributed by atoms with Gasteiger partial charge in [-0.3, -0.25) is 9.59 Å². The van der Waals surface area contributed by atoms with Crippen molar-refractivity contribution in [3.05, 3.63) is 76.8 Å². The predicted molar refractivity (Wildman–Crippen MR) is 120 cm³/mol. The molecule has 1 saturated heterocycles. The molecule has 0 atom stereocenters. The van der Waals surface area contributed by atoms with Crippen LogP contribution in [0.5, 0.6) is 5.75 Å². The fraction of sp³-hybridized carbons (Fsp3) is 0.217. The summed E-state index contributed by atoms with van der Waals surface area (Å²) in [6, 6.07) is 17.3. The van der Waals surface area contributed by atoms with E-state index in [9.17, 15) is 9.59 Å². The molecule has 0 saturated carbocycles. The Morgan fingerprint density at radius 2 is 1.72 bits per heavy atom. The first-order valence-electron chi connectivity index (χ1n) is 10.4. The number of anilines is 1. The molecule has 9 heteroatoms. The van der Waals surface area contributed by atoms with Crippen molar-refractivity contribution in [1.82, 2.24) is 24.7 Å². The maximum atomic E-state index is 13.2. The molecule has 1 aliphatic heterocycles. The van der Waals surface area contributed by atoms with Gasteiger partial charge in [0.05, 0.1) is 24.7 Å². The number of hydrogen-bond acceptors (Lipinski definition) is 6. The zero-order valence-corrected chi connectivity index (χ0v) is 17.6. The van der Waals surface area contributed by atoms with Crippen molar-refractivity contribution >= 4 is 17.1 Å². The second kappa shape index (κ2) is 8.18. The number of methoxy groups -OCH3 is 1. The number of ether oxygens (including phenoxy) is 1. The number of carbonyl (C=O) groups excluding carboxylic acids is 1. The number of para-hydroxylation sites is 2. The minimum Gasteiger partial charge on any atom is -0.495 e. The Morgan fingerprint density at radius 3 is 2.47 bits per heavy atom. The van der Waals surface area contributed by atoms with Crippen LogP contribution in [-0.4, -0.2) is 63.9 Å². The van der Waals surface area contributed by atoms with E-state index in [2.05, 4.69) is 20.2 Å². The topological polar surface area (TPSA) is 95.8 Å². The maximum absolute atomic E-state index is 13.2. The number of rotatable bonds is 4. The first kappa shape index (κ1) is 19.8. The molecular weight excluding hydrogens is 408 g/mol. The van der Waals surface area contributed by atoms with Crippen LogP contribution < -0.4 is 15.2 Å². The molecular formula is C23H22N6O3. The zero-order chi connectivity index (χ0) is 22.1. The van der Waals surface area contributed by atoms with Gasteiger partial charge >= 0.3 is 0 Å². The van der Waals surface area contributed by atoms with E-state index in [0.29, 0.717) is 31.9 Å². The summed E-state index contributed by atoms with van der Waals surface area (Å²) in [5, 5.41) is 8.08. The number of aromatic nitrogens is 4. The summed E-state index contributed by atoms with van der Waals surface area (Å²) in [5.41, 5.74) is 2.28. The largest absolute Gasteiger partial charge is 0.495 e. The molecule has 1 amide bonds. The van der Waals surface area contributed by atoms with Gasteiger partial charge in [-0.2, -0.15) is 0 Å². The maximum Gasteiger partial charge on any atom is 0.277 e. The van der Waals surface area contributed by atoms with E-state index < -0.39 is 5.56 Å². The fourth-order valence-corrected chi connectivity index (χ4v) is 4.03. The summed E-state index contributed by atoms with van der Waals surface area (Å²) in [6.45, 7) is 2.32. The molecule has 2 aromatic heterocycles. The van der Waals surface area contributed by atoms with Gasteiger partial charge in [-0.15, -0.1) is 5.10 Å². The van der Waals surface area contributed by atoms with Gasteiger partial charge in [0.25, 0.3) is 11.5 Å². The third-order valence-electron chi connectivity index (χ3n) is 5.69.